The zero-order chi connectivity index (χ0) is 17.6. The normalized spacial score (nSPS) is 21.3. The van der Waals surface area contributed by atoms with Gasteiger partial charge in [0.15, 0.2) is 0 Å². The van der Waals surface area contributed by atoms with Gasteiger partial charge in [-0.15, -0.1) is 0 Å². The van der Waals surface area contributed by atoms with Crippen LogP contribution in [0.1, 0.15) is 25.7 Å². The number of nitrogens with zero attached hydrogens (tertiary/aromatic N) is 3. The molecule has 0 aliphatic carbocycles. The Hall–Kier alpha value is -1.70. The summed E-state index contributed by atoms with van der Waals surface area (Å²) in [7, 11) is 0. The highest BCUT2D eigenvalue weighted by Gasteiger charge is 2.27. The second-order valence-electron chi connectivity index (χ2n) is 6.99. The van der Waals surface area contributed by atoms with Crippen LogP contribution in [0.4, 0.5) is 5.69 Å². The number of aliphatic hydroxyl groups excluding tert-OH is 1. The molecule has 1 N–H and O–H groups in total. The predicted octanol–water partition coefficient (Wildman–Crippen LogP) is 1.89. The van der Waals surface area contributed by atoms with E-state index in [1.807, 2.05) is 0 Å². The number of rotatable bonds is 7. The molecule has 0 saturated carbocycles. The van der Waals surface area contributed by atoms with Gasteiger partial charge in [0.2, 0.25) is 0 Å². The molecule has 1 atom stereocenters. The van der Waals surface area contributed by atoms with E-state index < -0.39 is 11.0 Å². The van der Waals surface area contributed by atoms with E-state index in [2.05, 4.69) is 9.80 Å². The molecule has 1 aromatic rings. The third-order valence-electron chi connectivity index (χ3n) is 5.15. The molecule has 0 spiro atoms. The van der Waals surface area contributed by atoms with Crippen molar-refractivity contribution in [2.75, 3.05) is 39.3 Å². The number of β-amino-alcohol motifs (C(OH)–C–C–N with tert-alkyl or cyclic N) is 1. The maximum atomic E-state index is 10.8. The van der Waals surface area contributed by atoms with Crippen molar-refractivity contribution in [1.82, 2.24) is 9.80 Å². The van der Waals surface area contributed by atoms with Gasteiger partial charge in [0, 0.05) is 18.7 Å². The minimum Gasteiger partial charge on any atom is -0.491 e. The summed E-state index contributed by atoms with van der Waals surface area (Å²) in [6.07, 6.45) is 4.39. The van der Waals surface area contributed by atoms with E-state index in [9.17, 15) is 15.2 Å². The highest BCUT2D eigenvalue weighted by atomic mass is 16.6. The summed E-state index contributed by atoms with van der Waals surface area (Å²) in [6, 6.07) is 6.77. The van der Waals surface area contributed by atoms with Gasteiger partial charge in [0.1, 0.15) is 18.5 Å². The lowest BCUT2D eigenvalue weighted by Crippen LogP contribution is -2.46. The van der Waals surface area contributed by atoms with Crippen LogP contribution in [0.5, 0.6) is 5.75 Å². The van der Waals surface area contributed by atoms with Crippen molar-refractivity contribution in [3.05, 3.63) is 34.4 Å². The maximum Gasteiger partial charge on any atom is 0.273 e. The van der Waals surface area contributed by atoms with Gasteiger partial charge in [-0.3, -0.25) is 10.1 Å². The topological polar surface area (TPSA) is 79.1 Å². The zero-order valence-corrected chi connectivity index (χ0v) is 14.5. The molecule has 2 fully saturated rings. The molecule has 2 aliphatic heterocycles. The molecule has 7 heteroatoms. The minimum atomic E-state index is -0.595. The van der Waals surface area contributed by atoms with Gasteiger partial charge in [-0.2, -0.15) is 0 Å². The standard InChI is InChI=1S/C18H27N3O4/c22-17(14-25-18-5-3-4-16(12-18)21(23)24)13-19-10-6-15(7-11-19)20-8-1-2-9-20/h3-5,12,15,17,22H,1-2,6-11,13-14H2. The largest absolute Gasteiger partial charge is 0.491 e. The molecule has 0 aromatic heterocycles. The first-order chi connectivity index (χ1) is 12.1. The molecule has 2 aliphatic rings. The molecule has 25 heavy (non-hydrogen) atoms. The Morgan fingerprint density at radius 2 is 1.96 bits per heavy atom. The number of ether oxygens (including phenoxy) is 1. The molecule has 0 amide bonds. The average Bonchev–Trinajstić information content (AvgIpc) is 3.15. The molecular weight excluding hydrogens is 322 g/mol. The first kappa shape index (κ1) is 18.1. The van der Waals surface area contributed by atoms with Crippen LogP contribution < -0.4 is 4.74 Å². The lowest BCUT2D eigenvalue weighted by atomic mass is 10.0. The molecule has 0 bridgehead atoms. The number of piperidine rings is 1. The highest BCUT2D eigenvalue weighted by Crippen LogP contribution is 2.22. The van der Waals surface area contributed by atoms with Crippen LogP contribution in [-0.2, 0) is 0 Å². The third-order valence-corrected chi connectivity index (χ3v) is 5.15. The van der Waals surface area contributed by atoms with Crippen molar-refractivity contribution in [3.63, 3.8) is 0 Å². The molecule has 2 heterocycles. The molecule has 7 nitrogen and oxygen atoms in total. The Kier molecular flexibility index (Phi) is 6.23. The summed E-state index contributed by atoms with van der Waals surface area (Å²) < 4.78 is 5.51. The van der Waals surface area contributed by atoms with Gasteiger partial charge >= 0.3 is 0 Å². The van der Waals surface area contributed by atoms with Crippen molar-refractivity contribution in [1.29, 1.82) is 0 Å². The molecule has 0 radical (unpaired) electrons. The SMILES string of the molecule is O=[N+]([O-])c1cccc(OCC(O)CN2CCC(N3CCCC3)CC2)c1. The maximum absolute atomic E-state index is 10.8. The first-order valence-corrected chi connectivity index (χ1v) is 9.13. The molecule has 3 rings (SSSR count). The van der Waals surface area contributed by atoms with E-state index >= 15 is 0 Å². The van der Waals surface area contributed by atoms with Crippen LogP contribution >= 0.6 is 0 Å². The molecule has 2 saturated heterocycles. The van der Waals surface area contributed by atoms with Gasteiger partial charge in [-0.05, 0) is 57.9 Å². The second kappa shape index (κ2) is 8.60. The number of hydrogen-bond donors (Lipinski definition) is 1. The third kappa shape index (κ3) is 5.14. The summed E-state index contributed by atoms with van der Waals surface area (Å²) in [6.45, 7) is 5.23. The van der Waals surface area contributed by atoms with E-state index in [1.165, 1.54) is 50.9 Å². The lowest BCUT2D eigenvalue weighted by Gasteiger charge is -2.37. The van der Waals surface area contributed by atoms with E-state index in [0.29, 0.717) is 18.3 Å². The van der Waals surface area contributed by atoms with Crippen molar-refractivity contribution in [2.45, 2.75) is 37.8 Å². The number of likely N-dealkylation sites (tertiary alicyclic amines) is 2. The Bertz CT molecular complexity index is 569. The Morgan fingerprint density at radius 1 is 1.24 bits per heavy atom. The number of aliphatic hydroxyl groups is 1. The van der Waals surface area contributed by atoms with Crippen molar-refractivity contribution >= 4 is 5.69 Å². The molecular formula is C18H27N3O4. The van der Waals surface area contributed by atoms with Gasteiger partial charge < -0.3 is 19.6 Å². The van der Waals surface area contributed by atoms with Crippen LogP contribution in [0.15, 0.2) is 24.3 Å². The van der Waals surface area contributed by atoms with Gasteiger partial charge in [-0.25, -0.2) is 0 Å². The fraction of sp³-hybridized carbons (Fsp3) is 0.667. The minimum absolute atomic E-state index is 0.00373. The number of hydrogen-bond acceptors (Lipinski definition) is 6. The number of nitro groups is 1. The quantitative estimate of drug-likeness (QED) is 0.598. The summed E-state index contributed by atoms with van der Waals surface area (Å²) in [5.74, 6) is 0.418. The Labute approximate surface area is 148 Å². The highest BCUT2D eigenvalue weighted by molar-refractivity contribution is 5.37. The van der Waals surface area contributed by atoms with Gasteiger partial charge in [-0.1, -0.05) is 6.07 Å². The first-order valence-electron chi connectivity index (χ1n) is 9.13. The Balaban J connectivity index is 1.39. The molecule has 1 unspecified atom stereocenters. The zero-order valence-electron chi connectivity index (χ0n) is 14.5. The van der Waals surface area contributed by atoms with Crippen LogP contribution in [0.25, 0.3) is 0 Å². The van der Waals surface area contributed by atoms with Crippen LogP contribution in [0.2, 0.25) is 0 Å². The van der Waals surface area contributed by atoms with E-state index in [-0.39, 0.29) is 12.3 Å². The van der Waals surface area contributed by atoms with Crippen LogP contribution in [0, 0.1) is 10.1 Å². The fourth-order valence-corrected chi connectivity index (χ4v) is 3.80. The van der Waals surface area contributed by atoms with Crippen LogP contribution in [-0.4, -0.2) is 71.3 Å². The number of benzene rings is 1. The monoisotopic (exact) mass is 349 g/mol. The van der Waals surface area contributed by atoms with Crippen molar-refractivity contribution in [3.8, 4) is 5.75 Å². The van der Waals surface area contributed by atoms with Gasteiger partial charge in [0.25, 0.3) is 5.69 Å². The predicted molar refractivity (Wildman–Crippen MR) is 94.9 cm³/mol. The summed E-state index contributed by atoms with van der Waals surface area (Å²) in [5, 5.41) is 21.0. The average molecular weight is 349 g/mol. The van der Waals surface area contributed by atoms with Gasteiger partial charge in [0.05, 0.1) is 11.0 Å². The lowest BCUT2D eigenvalue weighted by molar-refractivity contribution is -0.384. The number of nitro benzene ring substituents is 1. The fourth-order valence-electron chi connectivity index (χ4n) is 3.80. The number of non-ortho nitro benzene ring substituents is 1. The van der Waals surface area contributed by atoms with E-state index in [4.69, 9.17) is 4.74 Å². The van der Waals surface area contributed by atoms with Crippen molar-refractivity contribution < 1.29 is 14.8 Å². The summed E-state index contributed by atoms with van der Waals surface area (Å²) in [4.78, 5) is 15.2. The molecule has 1 aromatic carbocycles. The van der Waals surface area contributed by atoms with E-state index in [0.717, 1.165) is 13.1 Å². The smallest absolute Gasteiger partial charge is 0.273 e. The summed E-state index contributed by atoms with van der Waals surface area (Å²) in [5.41, 5.74) is -0.00373. The van der Waals surface area contributed by atoms with Crippen molar-refractivity contribution in [2.24, 2.45) is 0 Å². The van der Waals surface area contributed by atoms with Crippen LogP contribution in [0.3, 0.4) is 0 Å². The molecule has 138 valence electrons. The Morgan fingerprint density at radius 3 is 2.64 bits per heavy atom. The summed E-state index contributed by atoms with van der Waals surface area (Å²) >= 11 is 0. The van der Waals surface area contributed by atoms with E-state index in [1.54, 1.807) is 12.1 Å². The second-order valence-corrected chi connectivity index (χ2v) is 6.99.